The molecule has 0 spiro atoms. The summed E-state index contributed by atoms with van der Waals surface area (Å²) in [4.78, 5) is 0. The van der Waals surface area contributed by atoms with E-state index in [1.54, 1.807) is 0 Å². The second-order valence-electron chi connectivity index (χ2n) is 3.42. The lowest BCUT2D eigenvalue weighted by Crippen LogP contribution is -2.27. The van der Waals surface area contributed by atoms with E-state index in [1.807, 2.05) is 19.9 Å². The second kappa shape index (κ2) is 3.40. The molecule has 4 nitrogen and oxygen atoms in total. The van der Waals surface area contributed by atoms with Crippen molar-refractivity contribution in [2.45, 2.75) is 38.2 Å². The zero-order valence-corrected chi connectivity index (χ0v) is 7.41. The Hall–Kier alpha value is -0.630. The summed E-state index contributed by atoms with van der Waals surface area (Å²) >= 11 is 0. The third-order valence-electron chi connectivity index (χ3n) is 1.75. The first-order valence-corrected chi connectivity index (χ1v) is 4.00. The first-order valence-electron chi connectivity index (χ1n) is 4.00. The lowest BCUT2D eigenvalue weighted by molar-refractivity contribution is -0.139. The van der Waals surface area contributed by atoms with Gasteiger partial charge in [-0.1, -0.05) is 0 Å². The lowest BCUT2D eigenvalue weighted by Gasteiger charge is -2.17. The molecule has 0 radical (unpaired) electrons. The van der Waals surface area contributed by atoms with Gasteiger partial charge in [-0.05, 0) is 13.8 Å². The van der Waals surface area contributed by atoms with Gasteiger partial charge in [-0.3, -0.25) is 0 Å². The minimum Gasteiger partial charge on any atom is -0.348 e. The highest BCUT2D eigenvalue weighted by Crippen LogP contribution is 2.24. The molecule has 68 valence electrons. The number of rotatable bonds is 2. The summed E-state index contributed by atoms with van der Waals surface area (Å²) in [5.41, 5.74) is 5.44. The van der Waals surface area contributed by atoms with Crippen molar-refractivity contribution in [3.05, 3.63) is 0 Å². The number of nitrogens with two attached hydrogens (primary N) is 1. The van der Waals surface area contributed by atoms with Crippen LogP contribution < -0.4 is 5.73 Å². The third-order valence-corrected chi connectivity index (χ3v) is 1.75. The van der Waals surface area contributed by atoms with Crippen molar-refractivity contribution in [1.29, 1.82) is 5.26 Å². The Kier molecular flexibility index (Phi) is 2.68. The van der Waals surface area contributed by atoms with Crippen LogP contribution in [0.25, 0.3) is 0 Å². The topological polar surface area (TPSA) is 68.3 Å². The van der Waals surface area contributed by atoms with Gasteiger partial charge in [-0.25, -0.2) is 0 Å². The van der Waals surface area contributed by atoms with Gasteiger partial charge in [0.1, 0.15) is 0 Å². The van der Waals surface area contributed by atoms with Crippen molar-refractivity contribution in [2.24, 2.45) is 5.73 Å². The molecule has 1 aliphatic rings. The minimum atomic E-state index is -0.514. The summed E-state index contributed by atoms with van der Waals surface area (Å²) in [6.45, 7) is 4.23. The van der Waals surface area contributed by atoms with E-state index in [4.69, 9.17) is 20.5 Å². The van der Waals surface area contributed by atoms with E-state index in [0.717, 1.165) is 0 Å². The van der Waals surface area contributed by atoms with Gasteiger partial charge in [0.15, 0.2) is 5.79 Å². The van der Waals surface area contributed by atoms with Crippen LogP contribution in [0.15, 0.2) is 0 Å². The van der Waals surface area contributed by atoms with Crippen molar-refractivity contribution in [3.8, 4) is 6.07 Å². The Morgan fingerprint density at radius 3 is 2.83 bits per heavy atom. The maximum absolute atomic E-state index is 8.45. The van der Waals surface area contributed by atoms with E-state index >= 15 is 0 Å². The summed E-state index contributed by atoms with van der Waals surface area (Å²) in [7, 11) is 0. The highest BCUT2D eigenvalue weighted by atomic mass is 16.7. The van der Waals surface area contributed by atoms with Crippen molar-refractivity contribution in [1.82, 2.24) is 0 Å². The Balaban J connectivity index is 2.34. The van der Waals surface area contributed by atoms with E-state index in [2.05, 4.69) is 0 Å². The molecule has 0 saturated carbocycles. The summed E-state index contributed by atoms with van der Waals surface area (Å²) in [5.74, 6) is -0.514. The maximum Gasteiger partial charge on any atom is 0.163 e. The Bertz CT molecular complexity index is 198. The average Bonchev–Trinajstić information content (AvgIpc) is 2.30. The highest BCUT2D eigenvalue weighted by Gasteiger charge is 2.33. The molecule has 0 aromatic rings. The monoisotopic (exact) mass is 170 g/mol. The first-order chi connectivity index (χ1) is 5.53. The molecule has 1 fully saturated rings. The van der Waals surface area contributed by atoms with Crippen LogP contribution in [0.3, 0.4) is 0 Å². The molecule has 0 aromatic carbocycles. The maximum atomic E-state index is 8.45. The van der Waals surface area contributed by atoms with Crippen LogP contribution in [0.2, 0.25) is 0 Å². The lowest BCUT2D eigenvalue weighted by atomic mass is 10.1. The highest BCUT2D eigenvalue weighted by molar-refractivity contribution is 4.89. The fraction of sp³-hybridized carbons (Fsp3) is 0.875. The molecule has 2 atom stereocenters. The largest absolute Gasteiger partial charge is 0.348 e. The SMILES string of the molecule is CC1(C)OC[C@H](C[C@H](N)C#N)O1. The molecule has 0 amide bonds. The molecular formula is C8H14N2O2. The summed E-state index contributed by atoms with van der Waals surface area (Å²) in [5, 5.41) is 8.45. The van der Waals surface area contributed by atoms with Crippen LogP contribution >= 0.6 is 0 Å². The molecule has 1 saturated heterocycles. The third kappa shape index (κ3) is 2.45. The van der Waals surface area contributed by atoms with E-state index in [9.17, 15) is 0 Å². The fourth-order valence-electron chi connectivity index (χ4n) is 1.22. The molecule has 1 heterocycles. The molecule has 2 N–H and O–H groups in total. The van der Waals surface area contributed by atoms with Crippen molar-refractivity contribution in [3.63, 3.8) is 0 Å². The van der Waals surface area contributed by atoms with Crippen molar-refractivity contribution in [2.75, 3.05) is 6.61 Å². The normalized spacial score (nSPS) is 29.7. The molecule has 0 aliphatic carbocycles. The van der Waals surface area contributed by atoms with Gasteiger partial charge >= 0.3 is 0 Å². The van der Waals surface area contributed by atoms with Crippen LogP contribution in [0.5, 0.6) is 0 Å². The first kappa shape index (κ1) is 9.46. The molecule has 1 rings (SSSR count). The smallest absolute Gasteiger partial charge is 0.163 e. The van der Waals surface area contributed by atoms with E-state index in [-0.39, 0.29) is 6.10 Å². The Morgan fingerprint density at radius 1 is 1.75 bits per heavy atom. The fourth-order valence-corrected chi connectivity index (χ4v) is 1.22. The number of nitrogens with zero attached hydrogens (tertiary/aromatic N) is 1. The summed E-state index contributed by atoms with van der Waals surface area (Å²) in [6.07, 6.45) is 0.509. The molecule has 0 aromatic heterocycles. The van der Waals surface area contributed by atoms with E-state index < -0.39 is 11.8 Å². The van der Waals surface area contributed by atoms with Gasteiger partial charge in [-0.15, -0.1) is 0 Å². The Labute approximate surface area is 72.2 Å². The van der Waals surface area contributed by atoms with Crippen molar-refractivity contribution < 1.29 is 9.47 Å². The molecule has 4 heteroatoms. The number of nitriles is 1. The van der Waals surface area contributed by atoms with Crippen LogP contribution in [0.1, 0.15) is 20.3 Å². The van der Waals surface area contributed by atoms with Gasteiger partial charge in [-0.2, -0.15) is 5.26 Å². The molecule has 0 bridgehead atoms. The number of hydrogen-bond donors (Lipinski definition) is 1. The number of hydrogen-bond acceptors (Lipinski definition) is 4. The molecule has 12 heavy (non-hydrogen) atoms. The molecular weight excluding hydrogens is 156 g/mol. The average molecular weight is 170 g/mol. The summed E-state index contributed by atoms with van der Waals surface area (Å²) in [6, 6.07) is 1.51. The number of ether oxygens (including phenoxy) is 2. The standard InChI is InChI=1S/C8H14N2O2/c1-8(2)11-5-7(12-8)3-6(10)4-9/h6-7H,3,5,10H2,1-2H3/t6-,7-/m0/s1. The van der Waals surface area contributed by atoms with Crippen molar-refractivity contribution >= 4 is 0 Å². The minimum absolute atomic E-state index is 0.0327. The predicted molar refractivity (Wildman–Crippen MR) is 43.1 cm³/mol. The predicted octanol–water partition coefficient (Wildman–Crippen LogP) is 0.379. The van der Waals surface area contributed by atoms with Gasteiger partial charge in [0.05, 0.1) is 24.8 Å². The zero-order valence-electron chi connectivity index (χ0n) is 7.41. The quantitative estimate of drug-likeness (QED) is 0.650. The molecule has 0 unspecified atom stereocenters. The summed E-state index contributed by atoms with van der Waals surface area (Å²) < 4.78 is 10.8. The van der Waals surface area contributed by atoms with Crippen LogP contribution in [0, 0.1) is 11.3 Å². The van der Waals surface area contributed by atoms with Gasteiger partial charge in [0.2, 0.25) is 0 Å². The Morgan fingerprint density at radius 2 is 2.42 bits per heavy atom. The van der Waals surface area contributed by atoms with Crippen LogP contribution in [-0.4, -0.2) is 24.5 Å². The van der Waals surface area contributed by atoms with Gasteiger partial charge in [0.25, 0.3) is 0 Å². The van der Waals surface area contributed by atoms with E-state index in [0.29, 0.717) is 13.0 Å². The van der Waals surface area contributed by atoms with Gasteiger partial charge in [0, 0.05) is 6.42 Å². The van der Waals surface area contributed by atoms with Crippen LogP contribution in [0.4, 0.5) is 0 Å². The second-order valence-corrected chi connectivity index (χ2v) is 3.42. The van der Waals surface area contributed by atoms with Crippen LogP contribution in [-0.2, 0) is 9.47 Å². The molecule has 1 aliphatic heterocycles. The zero-order chi connectivity index (χ0) is 9.19. The van der Waals surface area contributed by atoms with Gasteiger partial charge < -0.3 is 15.2 Å². The van der Waals surface area contributed by atoms with E-state index in [1.165, 1.54) is 0 Å².